The first-order valence-corrected chi connectivity index (χ1v) is 6.24. The molecule has 0 saturated carbocycles. The Kier molecular flexibility index (Phi) is 4.14. The van der Waals surface area contributed by atoms with Crippen LogP contribution in [0.5, 0.6) is 0 Å². The van der Waals surface area contributed by atoms with E-state index >= 15 is 0 Å². The fraction of sp³-hybridized carbons (Fsp3) is 0.214. The van der Waals surface area contributed by atoms with Crippen LogP contribution in [0.4, 0.5) is 5.82 Å². The lowest BCUT2D eigenvalue weighted by Gasteiger charge is -2.13. The van der Waals surface area contributed by atoms with Crippen molar-refractivity contribution in [1.29, 1.82) is 0 Å². The van der Waals surface area contributed by atoms with E-state index in [1.54, 1.807) is 37.4 Å². The van der Waals surface area contributed by atoms with Crippen LogP contribution >= 0.6 is 0 Å². The molecule has 1 heterocycles. The molecule has 6 heteroatoms. The van der Waals surface area contributed by atoms with Crippen molar-refractivity contribution in [2.45, 2.75) is 19.9 Å². The maximum Gasteiger partial charge on any atom is 0.251 e. The molecule has 0 aliphatic rings. The Labute approximate surface area is 116 Å². The van der Waals surface area contributed by atoms with Crippen LogP contribution in [-0.4, -0.2) is 28.1 Å². The summed E-state index contributed by atoms with van der Waals surface area (Å²) in [5, 5.41) is 11.8. The standard InChI is InChI=1S/C14H16N4O2/c1-9-8-15-18-12(9)17-13(19)10(2)16-14(20)11-6-4-3-5-7-11/h3-8,10H,1-2H3,(H,16,20)(H2,15,17,18,19). The number of carbonyl (C=O) groups is 2. The smallest absolute Gasteiger partial charge is 0.251 e. The molecule has 1 aromatic heterocycles. The molecule has 2 rings (SSSR count). The average molecular weight is 272 g/mol. The van der Waals surface area contributed by atoms with E-state index in [0.29, 0.717) is 11.4 Å². The third kappa shape index (κ3) is 3.23. The number of rotatable bonds is 4. The second-order valence-corrected chi connectivity index (χ2v) is 4.48. The van der Waals surface area contributed by atoms with Gasteiger partial charge in [0, 0.05) is 11.1 Å². The summed E-state index contributed by atoms with van der Waals surface area (Å²) in [7, 11) is 0. The zero-order chi connectivity index (χ0) is 14.5. The van der Waals surface area contributed by atoms with Gasteiger partial charge in [0.15, 0.2) is 0 Å². The molecule has 0 fully saturated rings. The molecule has 2 aromatic rings. The van der Waals surface area contributed by atoms with Gasteiger partial charge in [-0.15, -0.1) is 0 Å². The van der Waals surface area contributed by atoms with Crippen molar-refractivity contribution in [2.75, 3.05) is 5.32 Å². The molecule has 1 atom stereocenters. The third-order valence-electron chi connectivity index (χ3n) is 2.85. The first kappa shape index (κ1) is 13.8. The predicted molar refractivity (Wildman–Crippen MR) is 75.3 cm³/mol. The van der Waals surface area contributed by atoms with Gasteiger partial charge < -0.3 is 10.6 Å². The summed E-state index contributed by atoms with van der Waals surface area (Å²) >= 11 is 0. The number of hydrogen-bond donors (Lipinski definition) is 3. The molecule has 20 heavy (non-hydrogen) atoms. The SMILES string of the molecule is Cc1cn[nH]c1NC(=O)C(C)NC(=O)c1ccccc1. The number of nitrogens with one attached hydrogen (secondary N) is 3. The highest BCUT2D eigenvalue weighted by Crippen LogP contribution is 2.08. The first-order valence-electron chi connectivity index (χ1n) is 6.24. The van der Waals surface area contributed by atoms with E-state index < -0.39 is 6.04 Å². The topological polar surface area (TPSA) is 86.9 Å². The Hall–Kier alpha value is -2.63. The summed E-state index contributed by atoms with van der Waals surface area (Å²) in [6, 6.07) is 8.11. The lowest BCUT2D eigenvalue weighted by Crippen LogP contribution is -2.41. The van der Waals surface area contributed by atoms with E-state index in [-0.39, 0.29) is 11.8 Å². The molecule has 104 valence electrons. The quantitative estimate of drug-likeness (QED) is 0.787. The van der Waals surface area contributed by atoms with Gasteiger partial charge in [-0.25, -0.2) is 0 Å². The Morgan fingerprint density at radius 3 is 2.55 bits per heavy atom. The van der Waals surface area contributed by atoms with Gasteiger partial charge in [-0.2, -0.15) is 5.10 Å². The largest absolute Gasteiger partial charge is 0.341 e. The van der Waals surface area contributed by atoms with E-state index in [2.05, 4.69) is 20.8 Å². The number of hydrogen-bond acceptors (Lipinski definition) is 3. The molecular formula is C14H16N4O2. The summed E-state index contributed by atoms with van der Waals surface area (Å²) in [4.78, 5) is 23.9. The molecule has 1 aromatic carbocycles. The number of anilines is 1. The molecule has 0 saturated heterocycles. The van der Waals surface area contributed by atoms with Crippen LogP contribution in [-0.2, 0) is 4.79 Å². The van der Waals surface area contributed by atoms with E-state index in [4.69, 9.17) is 0 Å². The molecule has 0 spiro atoms. The fourth-order valence-electron chi connectivity index (χ4n) is 1.64. The Morgan fingerprint density at radius 1 is 1.25 bits per heavy atom. The minimum atomic E-state index is -0.648. The van der Waals surface area contributed by atoms with E-state index in [1.807, 2.05) is 13.0 Å². The van der Waals surface area contributed by atoms with E-state index in [1.165, 1.54) is 0 Å². The summed E-state index contributed by atoms with van der Waals surface area (Å²) < 4.78 is 0. The van der Waals surface area contributed by atoms with Crippen molar-refractivity contribution in [3.05, 3.63) is 47.7 Å². The molecule has 0 aliphatic carbocycles. The first-order chi connectivity index (χ1) is 9.58. The second kappa shape index (κ2) is 6.01. The number of carbonyl (C=O) groups excluding carboxylic acids is 2. The van der Waals surface area contributed by atoms with E-state index in [0.717, 1.165) is 5.56 Å². The van der Waals surface area contributed by atoms with Crippen molar-refractivity contribution in [3.63, 3.8) is 0 Å². The van der Waals surface area contributed by atoms with Gasteiger partial charge >= 0.3 is 0 Å². The lowest BCUT2D eigenvalue weighted by atomic mass is 10.2. The number of H-pyrrole nitrogens is 1. The predicted octanol–water partition coefficient (Wildman–Crippen LogP) is 1.48. The number of amides is 2. The maximum absolute atomic E-state index is 12.0. The van der Waals surface area contributed by atoms with Crippen molar-refractivity contribution >= 4 is 17.6 Å². The highest BCUT2D eigenvalue weighted by atomic mass is 16.2. The van der Waals surface area contributed by atoms with Crippen LogP contribution in [0.1, 0.15) is 22.8 Å². The van der Waals surface area contributed by atoms with Crippen LogP contribution in [0.25, 0.3) is 0 Å². The summed E-state index contributed by atoms with van der Waals surface area (Å²) in [6.07, 6.45) is 1.61. The number of aromatic nitrogens is 2. The van der Waals surface area contributed by atoms with Crippen LogP contribution in [0.3, 0.4) is 0 Å². The normalized spacial score (nSPS) is 11.7. The molecule has 0 aliphatic heterocycles. The Balaban J connectivity index is 1.95. The zero-order valence-corrected chi connectivity index (χ0v) is 11.3. The minimum absolute atomic E-state index is 0.283. The molecule has 2 amide bonds. The van der Waals surface area contributed by atoms with Crippen LogP contribution in [0.15, 0.2) is 36.5 Å². The van der Waals surface area contributed by atoms with Crippen molar-refractivity contribution in [3.8, 4) is 0 Å². The van der Waals surface area contributed by atoms with Gasteiger partial charge in [0.05, 0.1) is 6.20 Å². The third-order valence-corrected chi connectivity index (χ3v) is 2.85. The van der Waals surface area contributed by atoms with Crippen LogP contribution in [0.2, 0.25) is 0 Å². The molecule has 0 radical (unpaired) electrons. The minimum Gasteiger partial charge on any atom is -0.341 e. The molecule has 6 nitrogen and oxygen atoms in total. The summed E-state index contributed by atoms with van der Waals surface area (Å²) in [5.41, 5.74) is 1.35. The maximum atomic E-state index is 12.0. The zero-order valence-electron chi connectivity index (χ0n) is 11.3. The van der Waals surface area contributed by atoms with Crippen molar-refractivity contribution in [2.24, 2.45) is 0 Å². The van der Waals surface area contributed by atoms with Gasteiger partial charge in [-0.3, -0.25) is 14.7 Å². The summed E-state index contributed by atoms with van der Waals surface area (Å²) in [6.45, 7) is 3.45. The Bertz CT molecular complexity index is 607. The number of benzene rings is 1. The Morgan fingerprint density at radius 2 is 1.95 bits per heavy atom. The van der Waals surface area contributed by atoms with E-state index in [9.17, 15) is 9.59 Å². The van der Waals surface area contributed by atoms with Crippen LogP contribution in [0, 0.1) is 6.92 Å². The highest BCUT2D eigenvalue weighted by Gasteiger charge is 2.17. The van der Waals surface area contributed by atoms with Gasteiger partial charge in [0.25, 0.3) is 5.91 Å². The number of aryl methyl sites for hydroxylation is 1. The van der Waals surface area contributed by atoms with Gasteiger partial charge in [-0.05, 0) is 26.0 Å². The molecule has 3 N–H and O–H groups in total. The highest BCUT2D eigenvalue weighted by molar-refractivity contribution is 6.00. The number of nitrogens with zero attached hydrogens (tertiary/aromatic N) is 1. The van der Waals surface area contributed by atoms with Crippen molar-refractivity contribution in [1.82, 2.24) is 15.5 Å². The second-order valence-electron chi connectivity index (χ2n) is 4.48. The fourth-order valence-corrected chi connectivity index (χ4v) is 1.64. The molecular weight excluding hydrogens is 256 g/mol. The average Bonchev–Trinajstić information content (AvgIpc) is 2.85. The molecule has 0 bridgehead atoms. The van der Waals surface area contributed by atoms with Crippen molar-refractivity contribution < 1.29 is 9.59 Å². The number of aromatic amines is 1. The lowest BCUT2D eigenvalue weighted by molar-refractivity contribution is -0.117. The summed E-state index contributed by atoms with van der Waals surface area (Å²) in [5.74, 6) is -0.0491. The van der Waals surface area contributed by atoms with Gasteiger partial charge in [-0.1, -0.05) is 18.2 Å². The monoisotopic (exact) mass is 272 g/mol. The van der Waals surface area contributed by atoms with Gasteiger partial charge in [0.2, 0.25) is 5.91 Å². The molecule has 1 unspecified atom stereocenters. The van der Waals surface area contributed by atoms with Gasteiger partial charge in [0.1, 0.15) is 11.9 Å². The van der Waals surface area contributed by atoms with Crippen LogP contribution < -0.4 is 10.6 Å².